The van der Waals surface area contributed by atoms with Crippen molar-refractivity contribution in [3.63, 3.8) is 0 Å². The number of aromatic nitrogens is 2. The molecule has 1 unspecified atom stereocenters. The van der Waals surface area contributed by atoms with Crippen LogP contribution in [0.1, 0.15) is 22.4 Å². The zero-order valence-electron chi connectivity index (χ0n) is 15.1. The quantitative estimate of drug-likeness (QED) is 0.693. The van der Waals surface area contributed by atoms with Crippen LogP contribution < -0.4 is 14.4 Å². The number of carbonyl (C=O) groups excluding carboxylic acids is 1. The predicted molar refractivity (Wildman–Crippen MR) is 102 cm³/mol. The highest BCUT2D eigenvalue weighted by molar-refractivity contribution is 6.11. The van der Waals surface area contributed by atoms with Gasteiger partial charge >= 0.3 is 0 Å². The van der Waals surface area contributed by atoms with Gasteiger partial charge in [-0.2, -0.15) is 10.2 Å². The van der Waals surface area contributed by atoms with Gasteiger partial charge in [-0.1, -0.05) is 18.2 Å². The number of ether oxygens (including phenoxy) is 2. The van der Waals surface area contributed by atoms with E-state index in [-0.39, 0.29) is 5.91 Å². The summed E-state index contributed by atoms with van der Waals surface area (Å²) in [6.45, 7) is 1.36. The molecule has 6 heteroatoms. The molecule has 1 aromatic heterocycles. The Morgan fingerprint density at radius 3 is 2.86 bits per heavy atom. The van der Waals surface area contributed by atoms with Crippen molar-refractivity contribution in [2.75, 3.05) is 18.1 Å². The Morgan fingerprint density at radius 1 is 1.04 bits per heavy atom. The molecule has 4 heterocycles. The maximum atomic E-state index is 13.8. The van der Waals surface area contributed by atoms with E-state index in [0.29, 0.717) is 19.8 Å². The van der Waals surface area contributed by atoms with Crippen LogP contribution in [0.4, 0.5) is 5.69 Å². The Hall–Kier alpha value is -3.41. The van der Waals surface area contributed by atoms with Crippen molar-refractivity contribution >= 4 is 11.6 Å². The second kappa shape index (κ2) is 5.55. The number of fused-ring (bicyclic) bond motifs is 5. The molecule has 0 saturated carbocycles. The molecule has 6 nitrogen and oxygen atoms in total. The van der Waals surface area contributed by atoms with E-state index in [9.17, 15) is 4.79 Å². The van der Waals surface area contributed by atoms with E-state index in [0.717, 1.165) is 46.0 Å². The third kappa shape index (κ3) is 1.94. The summed E-state index contributed by atoms with van der Waals surface area (Å²) in [5, 5.41) is 8.11. The molecule has 138 valence electrons. The molecule has 0 saturated heterocycles. The smallest absolute Gasteiger partial charge is 0.246 e. The lowest BCUT2D eigenvalue weighted by Crippen LogP contribution is -2.42. The third-order valence-corrected chi connectivity index (χ3v) is 5.91. The molecule has 0 bridgehead atoms. The molecule has 6 rings (SSSR count). The molecule has 0 aliphatic carbocycles. The van der Waals surface area contributed by atoms with Crippen LogP contribution >= 0.6 is 0 Å². The minimum absolute atomic E-state index is 0.0250. The van der Waals surface area contributed by atoms with Gasteiger partial charge in [-0.15, -0.1) is 0 Å². The number of hydrogen-bond donors (Lipinski definition) is 0. The number of para-hydroxylation sites is 1. The van der Waals surface area contributed by atoms with Crippen molar-refractivity contribution < 1.29 is 14.3 Å². The SMILES string of the molecule is O=C1N(Cc2cccnn2)c2ccccc2C12COc1cc3c(cc12)CCO3. The number of rotatable bonds is 2. The predicted octanol–water partition coefficient (Wildman–Crippen LogP) is 2.64. The lowest BCUT2D eigenvalue weighted by molar-refractivity contribution is -0.122. The number of hydrogen-bond acceptors (Lipinski definition) is 5. The minimum Gasteiger partial charge on any atom is -0.493 e. The van der Waals surface area contributed by atoms with Crippen molar-refractivity contribution in [1.29, 1.82) is 0 Å². The topological polar surface area (TPSA) is 64.6 Å². The molecule has 28 heavy (non-hydrogen) atoms. The Morgan fingerprint density at radius 2 is 1.96 bits per heavy atom. The number of amides is 1. The highest BCUT2D eigenvalue weighted by Gasteiger charge is 2.57. The lowest BCUT2D eigenvalue weighted by atomic mass is 9.76. The van der Waals surface area contributed by atoms with Crippen LogP contribution in [0.15, 0.2) is 54.7 Å². The van der Waals surface area contributed by atoms with Crippen LogP contribution in [-0.2, 0) is 23.2 Å². The van der Waals surface area contributed by atoms with Crippen molar-refractivity contribution in [1.82, 2.24) is 10.2 Å². The first-order chi connectivity index (χ1) is 13.8. The summed E-state index contributed by atoms with van der Waals surface area (Å²) in [6, 6.07) is 15.7. The summed E-state index contributed by atoms with van der Waals surface area (Å²) < 4.78 is 11.7. The fraction of sp³-hybridized carbons (Fsp3) is 0.227. The summed E-state index contributed by atoms with van der Waals surface area (Å²) in [5.41, 5.74) is 3.92. The molecule has 0 radical (unpaired) electrons. The maximum Gasteiger partial charge on any atom is 0.246 e. The van der Waals surface area contributed by atoms with E-state index in [1.165, 1.54) is 0 Å². The van der Waals surface area contributed by atoms with Gasteiger partial charge in [-0.25, -0.2) is 0 Å². The first-order valence-corrected chi connectivity index (χ1v) is 9.38. The Kier molecular flexibility index (Phi) is 3.10. The molecule has 1 amide bonds. The minimum atomic E-state index is -0.814. The molecule has 0 fully saturated rings. The van der Waals surface area contributed by atoms with Crippen molar-refractivity contribution in [2.45, 2.75) is 18.4 Å². The second-order valence-corrected chi connectivity index (χ2v) is 7.37. The fourth-order valence-corrected chi connectivity index (χ4v) is 4.58. The highest BCUT2D eigenvalue weighted by Crippen LogP contribution is 2.54. The summed E-state index contributed by atoms with van der Waals surface area (Å²) in [5.74, 6) is 1.63. The van der Waals surface area contributed by atoms with Crippen LogP contribution in [0.3, 0.4) is 0 Å². The zero-order valence-corrected chi connectivity index (χ0v) is 15.1. The molecule has 0 N–H and O–H groups in total. The number of anilines is 1. The average molecular weight is 371 g/mol. The number of benzene rings is 2. The van der Waals surface area contributed by atoms with Gasteiger partial charge in [-0.05, 0) is 35.4 Å². The first-order valence-electron chi connectivity index (χ1n) is 9.38. The number of nitrogens with zero attached hydrogens (tertiary/aromatic N) is 3. The highest BCUT2D eigenvalue weighted by atomic mass is 16.5. The summed E-state index contributed by atoms with van der Waals surface area (Å²) in [7, 11) is 0. The van der Waals surface area contributed by atoms with Gasteiger partial charge in [0.15, 0.2) is 0 Å². The molecule has 3 aliphatic rings. The molecule has 3 aliphatic heterocycles. The molecule has 3 aromatic rings. The van der Waals surface area contributed by atoms with Crippen LogP contribution in [0.2, 0.25) is 0 Å². The summed E-state index contributed by atoms with van der Waals surface area (Å²) >= 11 is 0. The van der Waals surface area contributed by atoms with Gasteiger partial charge in [0, 0.05) is 29.9 Å². The average Bonchev–Trinajstić information content (AvgIpc) is 3.40. The summed E-state index contributed by atoms with van der Waals surface area (Å²) in [4.78, 5) is 15.6. The fourth-order valence-electron chi connectivity index (χ4n) is 4.58. The van der Waals surface area contributed by atoms with E-state index in [1.54, 1.807) is 6.20 Å². The largest absolute Gasteiger partial charge is 0.493 e. The van der Waals surface area contributed by atoms with E-state index in [2.05, 4.69) is 16.3 Å². The normalized spacial score (nSPS) is 21.3. The molecular formula is C22H17N3O3. The van der Waals surface area contributed by atoms with E-state index in [4.69, 9.17) is 9.47 Å². The van der Waals surface area contributed by atoms with Crippen LogP contribution in [0.5, 0.6) is 11.5 Å². The van der Waals surface area contributed by atoms with Crippen LogP contribution in [0.25, 0.3) is 0 Å². The molecular weight excluding hydrogens is 354 g/mol. The van der Waals surface area contributed by atoms with Crippen LogP contribution in [0, 0.1) is 0 Å². The standard InChI is InChI=1S/C22H17N3O3/c26-21-22(13-28-20-11-19-14(7-9-27-19)10-17(20)22)16-5-1-2-6-18(16)25(21)12-15-4-3-8-23-24-15/h1-6,8,10-11H,7,9,12-13H2. The Labute approximate surface area is 161 Å². The van der Waals surface area contributed by atoms with Crippen molar-refractivity contribution in [3.05, 3.63) is 77.1 Å². The van der Waals surface area contributed by atoms with Gasteiger partial charge < -0.3 is 14.4 Å². The Balaban J connectivity index is 1.52. The first kappa shape index (κ1) is 15.6. The summed E-state index contributed by atoms with van der Waals surface area (Å²) in [6.07, 6.45) is 2.49. The zero-order chi connectivity index (χ0) is 18.7. The second-order valence-electron chi connectivity index (χ2n) is 7.37. The lowest BCUT2D eigenvalue weighted by Gasteiger charge is -2.23. The van der Waals surface area contributed by atoms with Crippen molar-refractivity contribution in [3.8, 4) is 11.5 Å². The maximum absolute atomic E-state index is 13.8. The van der Waals surface area contributed by atoms with Gasteiger partial charge in [0.25, 0.3) is 0 Å². The third-order valence-electron chi connectivity index (χ3n) is 5.91. The number of carbonyl (C=O) groups is 1. The van der Waals surface area contributed by atoms with Crippen molar-refractivity contribution in [2.24, 2.45) is 0 Å². The molecule has 2 aromatic carbocycles. The van der Waals surface area contributed by atoms with E-state index < -0.39 is 5.41 Å². The van der Waals surface area contributed by atoms with Gasteiger partial charge in [0.05, 0.1) is 18.8 Å². The van der Waals surface area contributed by atoms with E-state index in [1.807, 2.05) is 47.4 Å². The van der Waals surface area contributed by atoms with E-state index >= 15 is 0 Å². The van der Waals surface area contributed by atoms with Crippen LogP contribution in [-0.4, -0.2) is 29.3 Å². The van der Waals surface area contributed by atoms with Gasteiger partial charge in [-0.3, -0.25) is 4.79 Å². The monoisotopic (exact) mass is 371 g/mol. The van der Waals surface area contributed by atoms with Gasteiger partial charge in [0.2, 0.25) is 5.91 Å². The molecule has 1 spiro atoms. The molecule has 1 atom stereocenters. The van der Waals surface area contributed by atoms with Gasteiger partial charge in [0.1, 0.15) is 23.5 Å². The Bertz CT molecular complexity index is 1120.